The molecule has 1 heterocycles. The molecule has 0 saturated carbocycles. The summed E-state index contributed by atoms with van der Waals surface area (Å²) in [5, 5.41) is 0. The summed E-state index contributed by atoms with van der Waals surface area (Å²) in [7, 11) is 0. The molecule has 1 aromatic carbocycles. The fourth-order valence-electron chi connectivity index (χ4n) is 2.50. The van der Waals surface area contributed by atoms with Gasteiger partial charge in [-0.3, -0.25) is 4.79 Å². The minimum absolute atomic E-state index is 0.125. The monoisotopic (exact) mass is 259 g/mol. The minimum Gasteiger partial charge on any atom is -0.311 e. The van der Waals surface area contributed by atoms with Crippen molar-refractivity contribution in [3.63, 3.8) is 0 Å². The number of anilines is 1. The van der Waals surface area contributed by atoms with Crippen molar-refractivity contribution >= 4 is 11.6 Å². The van der Waals surface area contributed by atoms with Gasteiger partial charge in [0, 0.05) is 12.2 Å². The topological polar surface area (TPSA) is 20.3 Å². The Hall–Kier alpha value is -1.31. The Labute approximate surface area is 116 Å². The van der Waals surface area contributed by atoms with E-state index in [1.807, 2.05) is 4.90 Å². The highest BCUT2D eigenvalue weighted by atomic mass is 16.2. The summed E-state index contributed by atoms with van der Waals surface area (Å²) in [6.45, 7) is 13.9. The first kappa shape index (κ1) is 14.1. The third kappa shape index (κ3) is 2.99. The van der Waals surface area contributed by atoms with Crippen molar-refractivity contribution in [1.29, 1.82) is 0 Å². The van der Waals surface area contributed by atoms with Crippen LogP contribution in [0.2, 0.25) is 0 Å². The van der Waals surface area contributed by atoms with Crippen LogP contribution in [0.25, 0.3) is 0 Å². The summed E-state index contributed by atoms with van der Waals surface area (Å²) in [5.74, 6) is 0.232. The normalized spacial score (nSPS) is 15.9. The van der Waals surface area contributed by atoms with Crippen molar-refractivity contribution in [1.82, 2.24) is 0 Å². The number of amides is 1. The van der Waals surface area contributed by atoms with Gasteiger partial charge in [0.2, 0.25) is 5.91 Å². The molecule has 2 nitrogen and oxygen atoms in total. The van der Waals surface area contributed by atoms with Crippen LogP contribution in [0.1, 0.15) is 52.7 Å². The second-order valence-corrected chi connectivity index (χ2v) is 7.81. The molecule has 1 aliphatic heterocycles. The molecule has 1 aromatic rings. The Kier molecular flexibility index (Phi) is 3.24. The van der Waals surface area contributed by atoms with E-state index in [2.05, 4.69) is 59.7 Å². The number of rotatable bonds is 1. The first-order valence-electron chi connectivity index (χ1n) is 7.02. The lowest BCUT2D eigenvalue weighted by Gasteiger charge is -2.27. The lowest BCUT2D eigenvalue weighted by Crippen LogP contribution is -2.35. The highest BCUT2D eigenvalue weighted by Crippen LogP contribution is 2.35. The lowest BCUT2D eigenvalue weighted by molar-refractivity contribution is -0.117. The highest BCUT2D eigenvalue weighted by molar-refractivity contribution is 6.01. The SMILES string of the molecule is CC(C)(C)CN1C(=O)Cc2cc(C(C)(C)C)ccc21. The van der Waals surface area contributed by atoms with E-state index in [-0.39, 0.29) is 16.7 Å². The standard InChI is InChI=1S/C17H25NO/c1-16(2,3)11-18-14-8-7-13(17(4,5)6)9-12(14)10-15(18)19/h7-9H,10-11H2,1-6H3. The van der Waals surface area contributed by atoms with Gasteiger partial charge in [-0.1, -0.05) is 53.7 Å². The lowest BCUT2D eigenvalue weighted by atomic mass is 9.86. The maximum Gasteiger partial charge on any atom is 0.231 e. The van der Waals surface area contributed by atoms with Crippen molar-refractivity contribution in [3.05, 3.63) is 29.3 Å². The molecule has 0 aliphatic carbocycles. The zero-order valence-electron chi connectivity index (χ0n) is 13.0. The first-order chi connectivity index (χ1) is 8.58. The van der Waals surface area contributed by atoms with Gasteiger partial charge in [0.15, 0.2) is 0 Å². The third-order valence-corrected chi connectivity index (χ3v) is 3.51. The molecule has 0 N–H and O–H groups in total. The molecule has 0 unspecified atom stereocenters. The summed E-state index contributed by atoms with van der Waals surface area (Å²) in [5.41, 5.74) is 3.85. The number of hydrogen-bond acceptors (Lipinski definition) is 1. The molecule has 2 rings (SSSR count). The largest absolute Gasteiger partial charge is 0.311 e. The van der Waals surface area contributed by atoms with Crippen LogP contribution in [0.4, 0.5) is 5.69 Å². The molecule has 0 bridgehead atoms. The number of carbonyl (C=O) groups is 1. The Balaban J connectivity index is 2.36. The molecule has 0 radical (unpaired) electrons. The number of carbonyl (C=O) groups excluding carboxylic acids is 1. The molecule has 104 valence electrons. The number of benzene rings is 1. The predicted octanol–water partition coefficient (Wildman–Crippen LogP) is 3.92. The summed E-state index contributed by atoms with van der Waals surface area (Å²) in [4.78, 5) is 14.1. The maximum absolute atomic E-state index is 12.2. The second-order valence-electron chi connectivity index (χ2n) is 7.81. The van der Waals surface area contributed by atoms with Gasteiger partial charge in [0.25, 0.3) is 0 Å². The van der Waals surface area contributed by atoms with Crippen LogP contribution >= 0.6 is 0 Å². The van der Waals surface area contributed by atoms with Gasteiger partial charge in [-0.25, -0.2) is 0 Å². The van der Waals surface area contributed by atoms with Crippen molar-refractivity contribution in [2.75, 3.05) is 11.4 Å². The van der Waals surface area contributed by atoms with E-state index in [1.54, 1.807) is 0 Å². The van der Waals surface area contributed by atoms with E-state index in [4.69, 9.17) is 0 Å². The molecular weight excluding hydrogens is 234 g/mol. The molecule has 1 aliphatic rings. The summed E-state index contributed by atoms with van der Waals surface area (Å²) < 4.78 is 0. The highest BCUT2D eigenvalue weighted by Gasteiger charge is 2.31. The van der Waals surface area contributed by atoms with E-state index < -0.39 is 0 Å². The smallest absolute Gasteiger partial charge is 0.231 e. The molecule has 0 fully saturated rings. The summed E-state index contributed by atoms with van der Waals surface area (Å²) in [6.07, 6.45) is 0.551. The van der Waals surface area contributed by atoms with Crippen molar-refractivity contribution in [2.24, 2.45) is 5.41 Å². The first-order valence-corrected chi connectivity index (χ1v) is 7.02. The van der Waals surface area contributed by atoms with E-state index in [9.17, 15) is 4.79 Å². The van der Waals surface area contributed by atoms with Crippen molar-refractivity contribution in [2.45, 2.75) is 53.4 Å². The Morgan fingerprint density at radius 1 is 1.11 bits per heavy atom. The minimum atomic E-state index is 0.125. The third-order valence-electron chi connectivity index (χ3n) is 3.51. The van der Waals surface area contributed by atoms with Gasteiger partial charge in [-0.05, 0) is 28.0 Å². The molecule has 0 spiro atoms. The van der Waals surface area contributed by atoms with Gasteiger partial charge in [-0.15, -0.1) is 0 Å². The average molecular weight is 259 g/mol. The van der Waals surface area contributed by atoms with E-state index in [0.717, 1.165) is 12.2 Å². The molecule has 1 amide bonds. The summed E-state index contributed by atoms with van der Waals surface area (Å²) >= 11 is 0. The van der Waals surface area contributed by atoms with Gasteiger partial charge < -0.3 is 4.90 Å². The van der Waals surface area contributed by atoms with Crippen LogP contribution in [-0.2, 0) is 16.6 Å². The zero-order valence-corrected chi connectivity index (χ0v) is 13.0. The van der Waals surface area contributed by atoms with Crippen molar-refractivity contribution in [3.8, 4) is 0 Å². The molecule has 0 atom stereocenters. The van der Waals surface area contributed by atoms with E-state index >= 15 is 0 Å². The van der Waals surface area contributed by atoms with Gasteiger partial charge in [0.1, 0.15) is 0 Å². The average Bonchev–Trinajstić information content (AvgIpc) is 2.51. The Bertz CT molecular complexity index is 503. The maximum atomic E-state index is 12.2. The second kappa shape index (κ2) is 4.36. The molecule has 19 heavy (non-hydrogen) atoms. The van der Waals surface area contributed by atoms with Gasteiger partial charge >= 0.3 is 0 Å². The summed E-state index contributed by atoms with van der Waals surface area (Å²) in [6, 6.07) is 6.48. The number of fused-ring (bicyclic) bond motifs is 1. The molecule has 2 heteroatoms. The predicted molar refractivity (Wildman–Crippen MR) is 80.7 cm³/mol. The van der Waals surface area contributed by atoms with Crippen LogP contribution < -0.4 is 4.90 Å². The molecule has 0 saturated heterocycles. The fourth-order valence-corrected chi connectivity index (χ4v) is 2.50. The molecule has 0 aromatic heterocycles. The fraction of sp³-hybridized carbons (Fsp3) is 0.588. The van der Waals surface area contributed by atoms with E-state index in [0.29, 0.717) is 6.42 Å². The van der Waals surface area contributed by atoms with Crippen LogP contribution in [0.15, 0.2) is 18.2 Å². The number of nitrogens with zero attached hydrogens (tertiary/aromatic N) is 1. The van der Waals surface area contributed by atoms with E-state index in [1.165, 1.54) is 11.1 Å². The Morgan fingerprint density at radius 2 is 1.74 bits per heavy atom. The van der Waals surface area contributed by atoms with Crippen LogP contribution in [0, 0.1) is 5.41 Å². The zero-order chi connectivity index (χ0) is 14.4. The molecular formula is C17H25NO. The quantitative estimate of drug-likeness (QED) is 0.748. The Morgan fingerprint density at radius 3 is 2.26 bits per heavy atom. The van der Waals surface area contributed by atoms with Gasteiger partial charge in [-0.2, -0.15) is 0 Å². The van der Waals surface area contributed by atoms with Crippen molar-refractivity contribution < 1.29 is 4.79 Å². The van der Waals surface area contributed by atoms with Gasteiger partial charge in [0.05, 0.1) is 6.42 Å². The van der Waals surface area contributed by atoms with Crippen LogP contribution in [0.5, 0.6) is 0 Å². The van der Waals surface area contributed by atoms with Crippen LogP contribution in [-0.4, -0.2) is 12.5 Å². The van der Waals surface area contributed by atoms with Crippen LogP contribution in [0.3, 0.4) is 0 Å². The number of hydrogen-bond donors (Lipinski definition) is 0.